The van der Waals surface area contributed by atoms with Crippen LogP contribution < -0.4 is 10.6 Å². The maximum Gasteiger partial charge on any atom is 0.243 e. The van der Waals surface area contributed by atoms with Gasteiger partial charge in [-0.25, -0.2) is 8.42 Å². The lowest BCUT2D eigenvalue weighted by Crippen LogP contribution is -2.59. The summed E-state index contributed by atoms with van der Waals surface area (Å²) in [6, 6.07) is 5.91. The fourth-order valence-corrected chi connectivity index (χ4v) is 4.05. The third-order valence-electron chi connectivity index (χ3n) is 3.16. The molecule has 1 aliphatic heterocycles. The highest BCUT2D eigenvalue weighted by molar-refractivity contribution is 14.1. The van der Waals surface area contributed by atoms with Crippen LogP contribution in [0.1, 0.15) is 0 Å². The van der Waals surface area contributed by atoms with Gasteiger partial charge < -0.3 is 10.6 Å². The summed E-state index contributed by atoms with van der Waals surface area (Å²) in [7, 11) is -2.15. The minimum atomic E-state index is -3.65. The third-order valence-corrected chi connectivity index (χ3v) is 5.81. The molecule has 0 aliphatic carbocycles. The second-order valence-electron chi connectivity index (χ2n) is 4.40. The predicted octanol–water partition coefficient (Wildman–Crippen LogP) is -0.000300. The summed E-state index contributed by atoms with van der Waals surface area (Å²) < 4.78 is 27.5. The molecule has 1 unspecified atom stereocenters. The van der Waals surface area contributed by atoms with Crippen LogP contribution >= 0.6 is 22.6 Å². The smallest absolute Gasteiger partial charge is 0.243 e. The Kier molecular flexibility index (Phi) is 4.99. The van der Waals surface area contributed by atoms with Crippen molar-refractivity contribution in [3.63, 3.8) is 0 Å². The zero-order valence-corrected chi connectivity index (χ0v) is 13.9. The Morgan fingerprint density at radius 2 is 2.05 bits per heavy atom. The van der Waals surface area contributed by atoms with Gasteiger partial charge in [-0.2, -0.15) is 4.31 Å². The number of hydrogen-bond donors (Lipinski definition) is 2. The van der Waals surface area contributed by atoms with Gasteiger partial charge in [0.05, 0.1) is 4.90 Å². The number of sulfonamides is 1. The number of nitrogens with one attached hydrogen (secondary N) is 2. The first kappa shape index (κ1) is 15.7. The molecule has 2 rings (SSSR count). The van der Waals surface area contributed by atoms with E-state index in [-0.39, 0.29) is 17.3 Å². The van der Waals surface area contributed by atoms with Crippen LogP contribution in [0, 0.1) is 3.57 Å². The van der Waals surface area contributed by atoms with Gasteiger partial charge in [0.15, 0.2) is 0 Å². The van der Waals surface area contributed by atoms with Crippen LogP contribution in [0.25, 0.3) is 0 Å². The summed E-state index contributed by atoms with van der Waals surface area (Å²) in [5.74, 6) is -0.300. The summed E-state index contributed by atoms with van der Waals surface area (Å²) >= 11 is 2.12. The van der Waals surface area contributed by atoms with Crippen molar-refractivity contribution in [1.29, 1.82) is 0 Å². The van der Waals surface area contributed by atoms with Crippen LogP contribution in [-0.2, 0) is 14.8 Å². The summed E-state index contributed by atoms with van der Waals surface area (Å²) in [5.41, 5.74) is 0. The molecule has 0 aromatic heterocycles. The standard InChI is InChI=1S/C12H16IN3O3S/c1-14-12(17)11-8-15-6-7-16(11)20(18,19)10-4-2-9(13)3-5-10/h2-5,11,15H,6-8H2,1H3,(H,14,17). The number of benzene rings is 1. The molecular formula is C12H16IN3O3S. The molecule has 1 amide bonds. The van der Waals surface area contributed by atoms with Crippen molar-refractivity contribution in [3.8, 4) is 0 Å². The molecule has 110 valence electrons. The van der Waals surface area contributed by atoms with E-state index in [4.69, 9.17) is 0 Å². The maximum atomic E-state index is 12.6. The van der Waals surface area contributed by atoms with Crippen LogP contribution in [0.5, 0.6) is 0 Å². The average Bonchev–Trinajstić information content (AvgIpc) is 2.47. The summed E-state index contributed by atoms with van der Waals surface area (Å²) in [6.07, 6.45) is 0. The van der Waals surface area contributed by atoms with E-state index < -0.39 is 16.1 Å². The Hall–Kier alpha value is -0.710. The van der Waals surface area contributed by atoms with Gasteiger partial charge in [-0.05, 0) is 46.9 Å². The fourth-order valence-electron chi connectivity index (χ4n) is 2.11. The molecule has 0 radical (unpaired) electrons. The highest BCUT2D eigenvalue weighted by Gasteiger charge is 2.37. The van der Waals surface area contributed by atoms with Crippen LogP contribution in [-0.4, -0.2) is 51.4 Å². The van der Waals surface area contributed by atoms with E-state index in [2.05, 4.69) is 33.2 Å². The predicted molar refractivity (Wildman–Crippen MR) is 83.8 cm³/mol. The first-order valence-corrected chi connectivity index (χ1v) is 8.68. The Bertz CT molecular complexity index is 588. The van der Waals surface area contributed by atoms with E-state index in [0.29, 0.717) is 13.1 Å². The molecule has 1 saturated heterocycles. The molecule has 20 heavy (non-hydrogen) atoms. The van der Waals surface area contributed by atoms with Gasteiger partial charge in [0, 0.05) is 30.3 Å². The number of halogens is 1. The monoisotopic (exact) mass is 409 g/mol. The van der Waals surface area contributed by atoms with Crippen molar-refractivity contribution in [2.24, 2.45) is 0 Å². The summed E-state index contributed by atoms with van der Waals surface area (Å²) in [6.45, 7) is 1.15. The summed E-state index contributed by atoms with van der Waals surface area (Å²) in [5, 5.41) is 5.56. The number of rotatable bonds is 3. The molecule has 1 aromatic carbocycles. The van der Waals surface area contributed by atoms with Gasteiger partial charge in [-0.15, -0.1) is 0 Å². The highest BCUT2D eigenvalue weighted by Crippen LogP contribution is 2.20. The second kappa shape index (κ2) is 6.37. The van der Waals surface area contributed by atoms with Crippen LogP contribution in [0.15, 0.2) is 29.2 Å². The molecule has 0 bridgehead atoms. The normalized spacial score (nSPS) is 20.6. The van der Waals surface area contributed by atoms with Crippen molar-refractivity contribution < 1.29 is 13.2 Å². The van der Waals surface area contributed by atoms with Gasteiger partial charge in [-0.3, -0.25) is 4.79 Å². The van der Waals surface area contributed by atoms with Crippen molar-refractivity contribution in [2.45, 2.75) is 10.9 Å². The lowest BCUT2D eigenvalue weighted by atomic mass is 10.2. The number of carbonyl (C=O) groups excluding carboxylic acids is 1. The topological polar surface area (TPSA) is 78.5 Å². The van der Waals surface area contributed by atoms with E-state index in [0.717, 1.165) is 3.57 Å². The van der Waals surface area contributed by atoms with Gasteiger partial charge >= 0.3 is 0 Å². The molecule has 6 nitrogen and oxygen atoms in total. The Labute approximate surface area is 132 Å². The first-order valence-electron chi connectivity index (χ1n) is 6.16. The lowest BCUT2D eigenvalue weighted by molar-refractivity contribution is -0.124. The SMILES string of the molecule is CNC(=O)C1CNCCN1S(=O)(=O)c1ccc(I)cc1. The van der Waals surface area contributed by atoms with Crippen molar-refractivity contribution in [3.05, 3.63) is 27.8 Å². The summed E-state index contributed by atoms with van der Waals surface area (Å²) in [4.78, 5) is 12.1. The number of carbonyl (C=O) groups is 1. The minimum Gasteiger partial charge on any atom is -0.358 e. The van der Waals surface area contributed by atoms with E-state index in [1.807, 2.05) is 0 Å². The zero-order chi connectivity index (χ0) is 14.8. The van der Waals surface area contributed by atoms with Crippen LogP contribution in [0.4, 0.5) is 0 Å². The van der Waals surface area contributed by atoms with Gasteiger partial charge in [0.25, 0.3) is 0 Å². The van der Waals surface area contributed by atoms with E-state index >= 15 is 0 Å². The van der Waals surface area contributed by atoms with Gasteiger partial charge in [-0.1, -0.05) is 0 Å². The Balaban J connectivity index is 2.35. The van der Waals surface area contributed by atoms with Crippen molar-refractivity contribution in [1.82, 2.24) is 14.9 Å². The molecule has 1 aliphatic rings. The molecule has 1 aromatic rings. The number of nitrogens with zero attached hydrogens (tertiary/aromatic N) is 1. The Morgan fingerprint density at radius 1 is 1.40 bits per heavy atom. The molecule has 8 heteroatoms. The molecule has 2 N–H and O–H groups in total. The number of hydrogen-bond acceptors (Lipinski definition) is 4. The zero-order valence-electron chi connectivity index (χ0n) is 11.0. The fraction of sp³-hybridized carbons (Fsp3) is 0.417. The number of amides is 1. The number of piperazine rings is 1. The van der Waals surface area contributed by atoms with E-state index in [1.165, 1.54) is 11.4 Å². The quantitative estimate of drug-likeness (QED) is 0.690. The number of likely N-dealkylation sites (N-methyl/N-ethyl adjacent to an activating group) is 1. The minimum absolute atomic E-state index is 0.216. The second-order valence-corrected chi connectivity index (χ2v) is 7.54. The first-order chi connectivity index (χ1) is 9.46. The van der Waals surface area contributed by atoms with Gasteiger partial charge in [0.2, 0.25) is 15.9 Å². The largest absolute Gasteiger partial charge is 0.358 e. The average molecular weight is 409 g/mol. The third kappa shape index (κ3) is 3.13. The Morgan fingerprint density at radius 3 is 2.65 bits per heavy atom. The van der Waals surface area contributed by atoms with Crippen LogP contribution in [0.2, 0.25) is 0 Å². The molecule has 1 fully saturated rings. The van der Waals surface area contributed by atoms with E-state index in [1.54, 1.807) is 24.3 Å². The van der Waals surface area contributed by atoms with E-state index in [9.17, 15) is 13.2 Å². The molecule has 0 spiro atoms. The molecular weight excluding hydrogens is 393 g/mol. The maximum absolute atomic E-state index is 12.6. The lowest BCUT2D eigenvalue weighted by Gasteiger charge is -2.33. The molecule has 1 heterocycles. The van der Waals surface area contributed by atoms with Crippen LogP contribution in [0.3, 0.4) is 0 Å². The van der Waals surface area contributed by atoms with Crippen molar-refractivity contribution >= 4 is 38.5 Å². The molecule has 1 atom stereocenters. The van der Waals surface area contributed by atoms with Crippen molar-refractivity contribution in [2.75, 3.05) is 26.7 Å². The van der Waals surface area contributed by atoms with Gasteiger partial charge in [0.1, 0.15) is 6.04 Å². The highest BCUT2D eigenvalue weighted by atomic mass is 127. The molecule has 0 saturated carbocycles.